The van der Waals surface area contributed by atoms with Crippen molar-refractivity contribution in [2.45, 2.75) is 33.7 Å². The first-order valence-electron chi connectivity index (χ1n) is 9.62. The molecule has 0 atom stereocenters. The van der Waals surface area contributed by atoms with Gasteiger partial charge in [-0.2, -0.15) is 5.10 Å². The van der Waals surface area contributed by atoms with E-state index in [1.54, 1.807) is 22.7 Å². The summed E-state index contributed by atoms with van der Waals surface area (Å²) in [5, 5.41) is 7.12. The van der Waals surface area contributed by atoms with E-state index in [9.17, 15) is 9.59 Å². The molecule has 0 aliphatic rings. The lowest BCUT2D eigenvalue weighted by atomic mass is 10.2. The number of amides is 1. The highest BCUT2D eigenvalue weighted by Crippen LogP contribution is 2.15. The van der Waals surface area contributed by atoms with Crippen molar-refractivity contribution >= 4 is 17.1 Å². The Labute approximate surface area is 164 Å². The van der Waals surface area contributed by atoms with E-state index < -0.39 is 0 Å². The van der Waals surface area contributed by atoms with Crippen LogP contribution in [0.3, 0.4) is 0 Å². The molecule has 1 aromatic carbocycles. The number of aryl methyl sites for hydroxylation is 2. The van der Waals surface area contributed by atoms with Crippen molar-refractivity contribution < 1.29 is 4.79 Å². The van der Waals surface area contributed by atoms with E-state index in [-0.39, 0.29) is 18.0 Å². The highest BCUT2D eigenvalue weighted by atomic mass is 16.2. The molecule has 1 N–H and O–H groups in total. The molecule has 3 rings (SSSR count). The van der Waals surface area contributed by atoms with Gasteiger partial charge in [-0.25, -0.2) is 4.68 Å². The van der Waals surface area contributed by atoms with Crippen LogP contribution in [-0.2, 0) is 11.3 Å². The summed E-state index contributed by atoms with van der Waals surface area (Å²) in [6, 6.07) is 11.9. The molecule has 0 saturated heterocycles. The van der Waals surface area contributed by atoms with Crippen LogP contribution in [0, 0.1) is 13.8 Å². The monoisotopic (exact) mass is 381 g/mol. The number of anilines is 1. The Morgan fingerprint density at radius 3 is 2.79 bits per heavy atom. The van der Waals surface area contributed by atoms with Crippen LogP contribution < -0.4 is 15.8 Å². The smallest absolute Gasteiger partial charge is 0.291 e. The topological polar surface area (TPSA) is 71.6 Å². The van der Waals surface area contributed by atoms with E-state index in [4.69, 9.17) is 0 Å². The van der Waals surface area contributed by atoms with Gasteiger partial charge in [-0.1, -0.05) is 12.1 Å². The normalized spacial score (nSPS) is 11.0. The summed E-state index contributed by atoms with van der Waals surface area (Å²) in [4.78, 5) is 26.9. The molecule has 148 valence electrons. The molecule has 0 aliphatic heterocycles. The van der Waals surface area contributed by atoms with Crippen molar-refractivity contribution in [3.05, 3.63) is 64.3 Å². The van der Waals surface area contributed by atoms with Crippen LogP contribution in [0.4, 0.5) is 5.69 Å². The van der Waals surface area contributed by atoms with Gasteiger partial charge in [0.15, 0.2) is 0 Å². The minimum Gasteiger partial charge on any atom is -0.372 e. The van der Waals surface area contributed by atoms with Gasteiger partial charge < -0.3 is 10.2 Å². The summed E-state index contributed by atoms with van der Waals surface area (Å²) in [6.07, 6.45) is 2.61. The molecule has 0 saturated carbocycles. The third-order valence-electron chi connectivity index (χ3n) is 4.79. The van der Waals surface area contributed by atoms with E-state index in [1.165, 1.54) is 15.9 Å². The number of hydrogen-bond acceptors (Lipinski definition) is 4. The van der Waals surface area contributed by atoms with Gasteiger partial charge in [-0.3, -0.25) is 14.0 Å². The number of nitrogens with zero attached hydrogens (tertiary/aromatic N) is 4. The van der Waals surface area contributed by atoms with Gasteiger partial charge in [0.05, 0.1) is 0 Å². The van der Waals surface area contributed by atoms with Crippen LogP contribution in [-0.4, -0.2) is 39.7 Å². The molecular formula is C21H27N5O2. The maximum absolute atomic E-state index is 12.4. The van der Waals surface area contributed by atoms with Crippen LogP contribution in [0.1, 0.15) is 24.7 Å². The van der Waals surface area contributed by atoms with Crippen LogP contribution >= 0.6 is 0 Å². The molecule has 2 heterocycles. The number of fused-ring (bicyclic) bond motifs is 1. The lowest BCUT2D eigenvalue weighted by Gasteiger charge is -2.23. The Bertz CT molecular complexity index is 1020. The summed E-state index contributed by atoms with van der Waals surface area (Å²) in [5.41, 5.74) is 2.69. The molecule has 7 nitrogen and oxygen atoms in total. The van der Waals surface area contributed by atoms with Crippen LogP contribution in [0.2, 0.25) is 0 Å². The average Bonchev–Trinajstić information content (AvgIpc) is 3.17. The number of hydrogen-bond donors (Lipinski definition) is 1. The standard InChI is InChI=1S/C21H27N5O2/c1-4-24(18-9-5-8-16(2)14-18)12-7-11-22-20(27)15-26-21(28)19-10-6-13-25(19)17(3)23-26/h5-6,8-10,13-14H,4,7,11-12,15H2,1-3H3,(H,22,27). The van der Waals surface area contributed by atoms with Gasteiger partial charge in [0.25, 0.3) is 5.56 Å². The number of benzene rings is 1. The maximum atomic E-state index is 12.4. The van der Waals surface area contributed by atoms with Gasteiger partial charge >= 0.3 is 0 Å². The van der Waals surface area contributed by atoms with Crippen molar-refractivity contribution in [3.63, 3.8) is 0 Å². The van der Waals surface area contributed by atoms with Crippen molar-refractivity contribution in [2.24, 2.45) is 0 Å². The highest BCUT2D eigenvalue weighted by Gasteiger charge is 2.11. The van der Waals surface area contributed by atoms with Gasteiger partial charge in [0.1, 0.15) is 17.9 Å². The number of carbonyl (C=O) groups is 1. The zero-order valence-electron chi connectivity index (χ0n) is 16.7. The average molecular weight is 381 g/mol. The zero-order valence-corrected chi connectivity index (χ0v) is 16.7. The predicted molar refractivity (Wildman–Crippen MR) is 111 cm³/mol. The van der Waals surface area contributed by atoms with E-state index in [0.717, 1.165) is 19.5 Å². The van der Waals surface area contributed by atoms with Crippen molar-refractivity contribution in [2.75, 3.05) is 24.5 Å². The predicted octanol–water partition coefficient (Wildman–Crippen LogP) is 2.15. The summed E-state index contributed by atoms with van der Waals surface area (Å²) in [7, 11) is 0. The Morgan fingerprint density at radius 2 is 2.04 bits per heavy atom. The van der Waals surface area contributed by atoms with Gasteiger partial charge in [-0.15, -0.1) is 0 Å². The molecular weight excluding hydrogens is 354 g/mol. The molecule has 0 spiro atoms. The Kier molecular flexibility index (Phi) is 6.13. The van der Waals surface area contributed by atoms with Gasteiger partial charge in [-0.05, 0) is 57.0 Å². The second kappa shape index (κ2) is 8.73. The second-order valence-electron chi connectivity index (χ2n) is 6.90. The Hall–Kier alpha value is -3.09. The minimum absolute atomic E-state index is 0.0727. The first kappa shape index (κ1) is 19.7. The van der Waals surface area contributed by atoms with Crippen LogP contribution in [0.25, 0.3) is 5.52 Å². The van der Waals surface area contributed by atoms with Crippen LogP contribution in [0.15, 0.2) is 47.4 Å². The third kappa shape index (κ3) is 4.42. The number of nitrogens with one attached hydrogen (secondary N) is 1. The molecule has 0 unspecified atom stereocenters. The summed E-state index contributed by atoms with van der Waals surface area (Å²) in [6.45, 7) is 8.27. The maximum Gasteiger partial charge on any atom is 0.291 e. The first-order chi connectivity index (χ1) is 13.5. The van der Waals surface area contributed by atoms with Gasteiger partial charge in [0, 0.05) is 31.5 Å². The van der Waals surface area contributed by atoms with Crippen molar-refractivity contribution in [3.8, 4) is 0 Å². The minimum atomic E-state index is -0.262. The fraction of sp³-hybridized carbons (Fsp3) is 0.381. The number of rotatable bonds is 8. The van der Waals surface area contributed by atoms with E-state index >= 15 is 0 Å². The SMILES string of the molecule is CCN(CCCNC(=O)Cn1nc(C)n2cccc2c1=O)c1cccc(C)c1. The molecule has 0 aliphatic carbocycles. The highest BCUT2D eigenvalue weighted by molar-refractivity contribution is 5.75. The molecule has 1 amide bonds. The largest absolute Gasteiger partial charge is 0.372 e. The molecule has 3 aromatic rings. The van der Waals surface area contributed by atoms with E-state index in [0.29, 0.717) is 17.9 Å². The second-order valence-corrected chi connectivity index (χ2v) is 6.90. The Balaban J connectivity index is 1.52. The Morgan fingerprint density at radius 1 is 1.21 bits per heavy atom. The number of carbonyl (C=O) groups excluding carboxylic acids is 1. The van der Waals surface area contributed by atoms with Crippen LogP contribution in [0.5, 0.6) is 0 Å². The summed E-state index contributed by atoms with van der Waals surface area (Å²) < 4.78 is 2.95. The molecule has 28 heavy (non-hydrogen) atoms. The van der Waals surface area contributed by atoms with E-state index in [1.807, 2.05) is 6.92 Å². The summed E-state index contributed by atoms with van der Waals surface area (Å²) >= 11 is 0. The van der Waals surface area contributed by atoms with Crippen molar-refractivity contribution in [1.82, 2.24) is 19.5 Å². The fourth-order valence-electron chi connectivity index (χ4n) is 3.33. The third-order valence-corrected chi connectivity index (χ3v) is 4.79. The fourth-order valence-corrected chi connectivity index (χ4v) is 3.33. The molecule has 0 bridgehead atoms. The lowest BCUT2D eigenvalue weighted by molar-refractivity contribution is -0.121. The quantitative estimate of drug-likeness (QED) is 0.607. The molecule has 0 radical (unpaired) electrons. The van der Waals surface area contributed by atoms with E-state index in [2.05, 4.69) is 53.4 Å². The molecule has 0 fully saturated rings. The van der Waals surface area contributed by atoms with Gasteiger partial charge in [0.2, 0.25) is 5.91 Å². The number of aromatic nitrogens is 3. The molecule has 2 aromatic heterocycles. The van der Waals surface area contributed by atoms with Crippen molar-refractivity contribution in [1.29, 1.82) is 0 Å². The summed E-state index contributed by atoms with van der Waals surface area (Å²) in [5.74, 6) is 0.465. The first-order valence-corrected chi connectivity index (χ1v) is 9.62. The zero-order chi connectivity index (χ0) is 20.1. The molecule has 7 heteroatoms. The lowest BCUT2D eigenvalue weighted by Crippen LogP contribution is -2.36.